The van der Waals surface area contributed by atoms with Crippen LogP contribution in [-0.2, 0) is 4.74 Å². The van der Waals surface area contributed by atoms with Crippen molar-refractivity contribution in [3.8, 4) is 0 Å². The van der Waals surface area contributed by atoms with Gasteiger partial charge in [-0.2, -0.15) is 0 Å². The smallest absolute Gasteiger partial charge is 0.0518 e. The predicted molar refractivity (Wildman–Crippen MR) is 82.6 cm³/mol. The Morgan fingerprint density at radius 3 is 2.74 bits per heavy atom. The molecule has 0 aromatic carbocycles. The SMILES string of the molecule is CC1CCCC(N(C)CCNCCCOC(C)C)C1. The van der Waals surface area contributed by atoms with Crippen LogP contribution in [0.25, 0.3) is 0 Å². The minimum atomic E-state index is 0.361. The Bertz CT molecular complexity index is 221. The van der Waals surface area contributed by atoms with Gasteiger partial charge in [-0.3, -0.25) is 0 Å². The molecule has 0 aliphatic heterocycles. The Labute approximate surface area is 120 Å². The molecule has 1 rings (SSSR count). The van der Waals surface area contributed by atoms with Gasteiger partial charge in [-0.25, -0.2) is 0 Å². The Morgan fingerprint density at radius 1 is 1.26 bits per heavy atom. The van der Waals surface area contributed by atoms with Gasteiger partial charge in [-0.1, -0.05) is 19.8 Å². The average Bonchev–Trinajstić information content (AvgIpc) is 2.37. The first-order chi connectivity index (χ1) is 9.09. The van der Waals surface area contributed by atoms with Crippen molar-refractivity contribution in [1.82, 2.24) is 10.2 Å². The number of hydrogen-bond donors (Lipinski definition) is 1. The lowest BCUT2D eigenvalue weighted by Gasteiger charge is -2.34. The summed E-state index contributed by atoms with van der Waals surface area (Å²) in [4.78, 5) is 2.55. The summed E-state index contributed by atoms with van der Waals surface area (Å²) in [6.45, 7) is 10.8. The molecule has 0 saturated heterocycles. The molecular weight excluding hydrogens is 236 g/mol. The first-order valence-corrected chi connectivity index (χ1v) is 8.12. The van der Waals surface area contributed by atoms with Crippen molar-refractivity contribution in [2.24, 2.45) is 5.92 Å². The van der Waals surface area contributed by atoms with E-state index in [-0.39, 0.29) is 0 Å². The van der Waals surface area contributed by atoms with E-state index in [0.29, 0.717) is 6.10 Å². The highest BCUT2D eigenvalue weighted by Gasteiger charge is 2.21. The van der Waals surface area contributed by atoms with Gasteiger partial charge in [0.25, 0.3) is 0 Å². The van der Waals surface area contributed by atoms with E-state index < -0.39 is 0 Å². The molecule has 1 N–H and O–H groups in total. The van der Waals surface area contributed by atoms with Gasteiger partial charge in [0.05, 0.1) is 6.10 Å². The van der Waals surface area contributed by atoms with E-state index in [2.05, 4.69) is 38.0 Å². The minimum Gasteiger partial charge on any atom is -0.379 e. The average molecular weight is 270 g/mol. The van der Waals surface area contributed by atoms with Crippen molar-refractivity contribution in [2.45, 2.75) is 65.0 Å². The lowest BCUT2D eigenvalue weighted by atomic mass is 9.86. The van der Waals surface area contributed by atoms with Gasteiger partial charge in [0, 0.05) is 25.7 Å². The molecule has 3 heteroatoms. The molecule has 0 radical (unpaired) electrons. The van der Waals surface area contributed by atoms with Crippen molar-refractivity contribution in [3.63, 3.8) is 0 Å². The van der Waals surface area contributed by atoms with Crippen LogP contribution in [0.4, 0.5) is 0 Å². The van der Waals surface area contributed by atoms with Crippen molar-refractivity contribution in [3.05, 3.63) is 0 Å². The van der Waals surface area contributed by atoms with E-state index in [0.717, 1.165) is 38.1 Å². The second kappa shape index (κ2) is 9.73. The largest absolute Gasteiger partial charge is 0.379 e. The zero-order valence-electron chi connectivity index (χ0n) is 13.5. The van der Waals surface area contributed by atoms with Gasteiger partial charge in [0.2, 0.25) is 0 Å². The lowest BCUT2D eigenvalue weighted by Crippen LogP contribution is -2.39. The molecule has 0 aromatic heterocycles. The summed E-state index contributed by atoms with van der Waals surface area (Å²) in [5, 5.41) is 3.52. The van der Waals surface area contributed by atoms with Gasteiger partial charge < -0.3 is 15.0 Å². The van der Waals surface area contributed by atoms with E-state index in [1.54, 1.807) is 0 Å². The first-order valence-electron chi connectivity index (χ1n) is 8.12. The van der Waals surface area contributed by atoms with Crippen LogP contribution >= 0.6 is 0 Å². The van der Waals surface area contributed by atoms with E-state index in [1.165, 1.54) is 32.2 Å². The maximum atomic E-state index is 5.53. The lowest BCUT2D eigenvalue weighted by molar-refractivity contribution is 0.0769. The van der Waals surface area contributed by atoms with Crippen LogP contribution in [0.15, 0.2) is 0 Å². The number of rotatable bonds is 9. The molecule has 0 bridgehead atoms. The Morgan fingerprint density at radius 2 is 2.05 bits per heavy atom. The topological polar surface area (TPSA) is 24.5 Å². The van der Waals surface area contributed by atoms with Gasteiger partial charge in [0.15, 0.2) is 0 Å². The second-order valence-corrected chi connectivity index (χ2v) is 6.43. The Balaban J connectivity index is 1.96. The van der Waals surface area contributed by atoms with E-state index in [1.807, 2.05) is 0 Å². The number of hydrogen-bond acceptors (Lipinski definition) is 3. The fraction of sp³-hybridized carbons (Fsp3) is 1.00. The number of nitrogens with one attached hydrogen (secondary N) is 1. The van der Waals surface area contributed by atoms with Crippen LogP contribution in [0, 0.1) is 5.92 Å². The molecular formula is C16H34N2O. The third kappa shape index (κ3) is 7.91. The molecule has 114 valence electrons. The minimum absolute atomic E-state index is 0.361. The van der Waals surface area contributed by atoms with Crippen molar-refractivity contribution >= 4 is 0 Å². The summed E-state index contributed by atoms with van der Waals surface area (Å²) in [7, 11) is 2.28. The quantitative estimate of drug-likeness (QED) is 0.652. The Hall–Kier alpha value is -0.120. The van der Waals surface area contributed by atoms with Crippen LogP contribution in [0.1, 0.15) is 52.9 Å². The molecule has 2 unspecified atom stereocenters. The summed E-state index contributed by atoms with van der Waals surface area (Å²) in [6.07, 6.45) is 7.10. The molecule has 0 amide bonds. The molecule has 2 atom stereocenters. The number of nitrogens with zero attached hydrogens (tertiary/aromatic N) is 1. The summed E-state index contributed by atoms with van der Waals surface area (Å²) in [5.74, 6) is 0.919. The van der Waals surface area contributed by atoms with E-state index in [9.17, 15) is 0 Å². The molecule has 1 aliphatic carbocycles. The highest BCUT2D eigenvalue weighted by Crippen LogP contribution is 2.26. The van der Waals surface area contributed by atoms with Crippen molar-refractivity contribution < 1.29 is 4.74 Å². The van der Waals surface area contributed by atoms with Gasteiger partial charge >= 0.3 is 0 Å². The van der Waals surface area contributed by atoms with E-state index >= 15 is 0 Å². The maximum absolute atomic E-state index is 5.53. The van der Waals surface area contributed by atoms with Crippen molar-refractivity contribution in [1.29, 1.82) is 0 Å². The van der Waals surface area contributed by atoms with Gasteiger partial charge in [-0.05, 0) is 52.6 Å². The fourth-order valence-corrected chi connectivity index (χ4v) is 2.88. The summed E-state index contributed by atoms with van der Waals surface area (Å²) >= 11 is 0. The molecule has 0 heterocycles. The zero-order valence-corrected chi connectivity index (χ0v) is 13.5. The number of ether oxygens (including phenoxy) is 1. The molecule has 1 aliphatic rings. The molecule has 3 nitrogen and oxygen atoms in total. The predicted octanol–water partition coefficient (Wildman–Crippen LogP) is 2.90. The van der Waals surface area contributed by atoms with Crippen LogP contribution in [0.5, 0.6) is 0 Å². The summed E-state index contributed by atoms with van der Waals surface area (Å²) in [6, 6.07) is 0.815. The summed E-state index contributed by atoms with van der Waals surface area (Å²) < 4.78 is 5.53. The third-order valence-corrected chi connectivity index (χ3v) is 4.12. The normalized spacial score (nSPS) is 24.3. The van der Waals surface area contributed by atoms with Crippen LogP contribution < -0.4 is 5.32 Å². The first kappa shape index (κ1) is 16.9. The maximum Gasteiger partial charge on any atom is 0.0518 e. The monoisotopic (exact) mass is 270 g/mol. The number of likely N-dealkylation sites (N-methyl/N-ethyl adjacent to an activating group) is 1. The highest BCUT2D eigenvalue weighted by atomic mass is 16.5. The molecule has 0 aromatic rings. The fourth-order valence-electron chi connectivity index (χ4n) is 2.88. The standard InChI is InChI=1S/C16H34N2O/c1-14(2)19-12-6-9-17-10-11-18(4)16-8-5-7-15(3)13-16/h14-17H,5-13H2,1-4H3. The molecule has 19 heavy (non-hydrogen) atoms. The molecule has 1 saturated carbocycles. The summed E-state index contributed by atoms with van der Waals surface area (Å²) in [5.41, 5.74) is 0. The molecule has 0 spiro atoms. The second-order valence-electron chi connectivity index (χ2n) is 6.43. The van der Waals surface area contributed by atoms with Crippen molar-refractivity contribution in [2.75, 3.05) is 33.3 Å². The Kier molecular flexibility index (Phi) is 8.67. The van der Waals surface area contributed by atoms with Crippen LogP contribution in [0.2, 0.25) is 0 Å². The van der Waals surface area contributed by atoms with E-state index in [4.69, 9.17) is 4.74 Å². The third-order valence-electron chi connectivity index (χ3n) is 4.12. The molecule has 1 fully saturated rings. The highest BCUT2D eigenvalue weighted by molar-refractivity contribution is 4.77. The van der Waals surface area contributed by atoms with Crippen LogP contribution in [0.3, 0.4) is 0 Å². The van der Waals surface area contributed by atoms with Crippen LogP contribution in [-0.4, -0.2) is 50.3 Å². The van der Waals surface area contributed by atoms with Gasteiger partial charge in [0.1, 0.15) is 0 Å². The van der Waals surface area contributed by atoms with Gasteiger partial charge in [-0.15, -0.1) is 0 Å². The zero-order chi connectivity index (χ0) is 14.1.